The number of aliphatic hydroxyl groups excluding tert-OH is 3. The Morgan fingerprint density at radius 2 is 0.737 bits per heavy atom. The summed E-state index contributed by atoms with van der Waals surface area (Å²) in [5, 5.41) is 51.9. The van der Waals surface area contributed by atoms with Crippen molar-refractivity contribution >= 4 is 37.7 Å². The Hall–Kier alpha value is -1.07. The molecule has 3 radical (unpaired) electrons. The van der Waals surface area contributed by atoms with Gasteiger partial charge in [-0.3, -0.25) is 0 Å². The van der Waals surface area contributed by atoms with Crippen LogP contribution in [0.15, 0.2) is 0 Å². The second-order valence-corrected chi connectivity index (χ2v) is 2.99. The molecule has 0 bridgehead atoms. The molecule has 0 aliphatic heterocycles. The van der Waals surface area contributed by atoms with Crippen LogP contribution in [0.3, 0.4) is 0 Å². The summed E-state index contributed by atoms with van der Waals surface area (Å²) >= 11 is 0. The molecule has 0 aliphatic rings. The van der Waals surface area contributed by atoms with Crippen molar-refractivity contribution in [3.05, 3.63) is 0 Å². The largest absolute Gasteiger partial charge is 0.547 e. The minimum Gasteiger partial charge on any atom is -0.547 e. The number of hydrogen-bond acceptors (Lipinski definition) is 9. The first-order chi connectivity index (χ1) is 7.93. The molecule has 0 aromatic rings. The van der Waals surface area contributed by atoms with Crippen molar-refractivity contribution in [2.24, 2.45) is 0 Å². The normalized spacial score (nSPS) is 12.9. The summed E-state index contributed by atoms with van der Waals surface area (Å²) in [6.45, 7) is 3.40. The molecule has 0 aromatic carbocycles. The zero-order valence-corrected chi connectivity index (χ0v) is 13.0. The summed E-state index contributed by atoms with van der Waals surface area (Å²) in [5.41, 5.74) is 0. The predicted octanol–water partition coefficient (Wildman–Crippen LogP) is -6.03. The van der Waals surface area contributed by atoms with Gasteiger partial charge in [0.15, 0.2) is 0 Å². The van der Waals surface area contributed by atoms with Gasteiger partial charge in [-0.1, -0.05) is 0 Å². The molecule has 3 unspecified atom stereocenters. The van der Waals surface area contributed by atoms with E-state index in [1.54, 1.807) is 0 Å². The van der Waals surface area contributed by atoms with Crippen LogP contribution in [0.25, 0.3) is 0 Å². The minimum atomic E-state index is -1.44. The third-order valence-electron chi connectivity index (χ3n) is 1.02. The first-order valence-corrected chi connectivity index (χ1v) is 4.60. The number of carbonyl (C=O) groups is 3. The fourth-order valence-corrected chi connectivity index (χ4v) is 0. The van der Waals surface area contributed by atoms with Crippen molar-refractivity contribution in [3.63, 3.8) is 0 Å². The summed E-state index contributed by atoms with van der Waals surface area (Å²) in [6.07, 6.45) is -4.03. The van der Waals surface area contributed by atoms with Crippen LogP contribution in [0, 0.1) is 0 Å². The maximum absolute atomic E-state index is 9.34. The van der Waals surface area contributed by atoms with E-state index in [4.69, 9.17) is 15.3 Å². The Morgan fingerprint density at radius 3 is 0.737 bits per heavy atom. The third kappa shape index (κ3) is 31.6. The number of hydrogen-bond donors (Lipinski definition) is 3. The number of carboxylic acid groups (broad SMARTS) is 3. The summed E-state index contributed by atoms with van der Waals surface area (Å²) in [5.74, 6) is -4.31. The molecule has 0 fully saturated rings. The maximum Gasteiger partial charge on any atom is 0.0905 e. The van der Waals surface area contributed by atoms with Crippen molar-refractivity contribution in [3.8, 4) is 0 Å². The van der Waals surface area contributed by atoms with Gasteiger partial charge in [0.1, 0.15) is 0 Å². The number of rotatable bonds is 3. The van der Waals surface area contributed by atoms with Crippen LogP contribution in [0.1, 0.15) is 20.8 Å². The molecular weight excluding hydrogens is 322 g/mol. The first-order valence-electron chi connectivity index (χ1n) is 4.60. The van der Waals surface area contributed by atoms with Gasteiger partial charge in [0, 0.05) is 19.8 Å². The maximum atomic E-state index is 9.34. The third-order valence-corrected chi connectivity index (χ3v) is 1.02. The van der Waals surface area contributed by atoms with Gasteiger partial charge in [-0.2, -0.15) is 0 Å². The number of carbonyl (C=O) groups excluding carboxylic acids is 3. The van der Waals surface area contributed by atoms with E-state index in [-0.39, 0.29) is 19.8 Å². The van der Waals surface area contributed by atoms with Gasteiger partial charge in [-0.25, -0.2) is 0 Å². The van der Waals surface area contributed by atoms with Crippen molar-refractivity contribution < 1.29 is 45.0 Å². The predicted molar refractivity (Wildman–Crippen MR) is 55.8 cm³/mol. The monoisotopic (exact) mass is 336 g/mol. The van der Waals surface area contributed by atoms with Crippen molar-refractivity contribution in [1.82, 2.24) is 0 Å². The molecule has 0 spiro atoms. The van der Waals surface area contributed by atoms with Gasteiger partial charge in [-0.15, -0.1) is 0 Å². The summed E-state index contributed by atoms with van der Waals surface area (Å²) in [4.78, 5) is 28.0. The smallest absolute Gasteiger partial charge is 0.0905 e. The molecule has 10 heteroatoms. The van der Waals surface area contributed by atoms with Crippen LogP contribution in [0.4, 0.5) is 0 Å². The molecule has 0 rings (SSSR count). The average Bonchev–Trinajstić information content (AvgIpc) is 2.18. The van der Waals surface area contributed by atoms with Gasteiger partial charge in [0.2, 0.25) is 0 Å². The van der Waals surface area contributed by atoms with E-state index in [1.165, 1.54) is 0 Å². The Morgan fingerprint density at radius 1 is 0.684 bits per heavy atom. The molecule has 3 N–H and O–H groups in total. The van der Waals surface area contributed by atoms with Crippen molar-refractivity contribution in [2.45, 2.75) is 39.1 Å². The summed E-state index contributed by atoms with van der Waals surface area (Å²) < 4.78 is 0. The quantitative estimate of drug-likeness (QED) is 0.422. The second-order valence-electron chi connectivity index (χ2n) is 2.99. The van der Waals surface area contributed by atoms with E-state index in [2.05, 4.69) is 0 Å². The van der Waals surface area contributed by atoms with E-state index < -0.39 is 36.2 Å². The molecule has 111 valence electrons. The second kappa shape index (κ2) is 15.0. The fourth-order valence-electron chi connectivity index (χ4n) is 0. The Labute approximate surface area is 122 Å². The zero-order chi connectivity index (χ0) is 15.5. The molecule has 19 heavy (non-hydrogen) atoms. The van der Waals surface area contributed by atoms with Gasteiger partial charge in [-0.05, 0) is 20.8 Å². The van der Waals surface area contributed by atoms with Crippen LogP contribution in [0.5, 0.6) is 0 Å². The standard InChI is InChI=1S/3C3H6O3.Ga/c3*1-2(4)3(5)6;/h3*2,4H,1H3,(H,5,6);/p-3. The van der Waals surface area contributed by atoms with Crippen molar-refractivity contribution in [2.75, 3.05) is 0 Å². The van der Waals surface area contributed by atoms with E-state index >= 15 is 0 Å². The molecule has 0 saturated heterocycles. The minimum absolute atomic E-state index is 0. The number of aliphatic hydroxyl groups is 3. The SMILES string of the molecule is CC(O)C(=O)[O-].CC(O)C(=O)[O-].CC(O)C(=O)[O-].[Ga]. The summed E-state index contributed by atoms with van der Waals surface area (Å²) in [6, 6.07) is 0. The van der Waals surface area contributed by atoms with E-state index in [1.807, 2.05) is 0 Å². The van der Waals surface area contributed by atoms with Crippen LogP contribution in [0.2, 0.25) is 0 Å². The van der Waals surface area contributed by atoms with Gasteiger partial charge in [0.25, 0.3) is 0 Å². The fraction of sp³-hybridized carbons (Fsp3) is 0.667. The molecular formula is C9H15GaO9-3. The Balaban J connectivity index is -0.0000000865. The van der Waals surface area contributed by atoms with Gasteiger partial charge in [0.05, 0.1) is 36.2 Å². The Bertz CT molecular complexity index is 220. The molecule has 0 heterocycles. The molecule has 0 saturated carbocycles. The van der Waals surface area contributed by atoms with Crippen LogP contribution >= 0.6 is 0 Å². The van der Waals surface area contributed by atoms with Crippen LogP contribution in [-0.4, -0.2) is 71.3 Å². The van der Waals surface area contributed by atoms with Gasteiger partial charge >= 0.3 is 0 Å². The Kier molecular flexibility index (Phi) is 20.9. The molecule has 3 atom stereocenters. The van der Waals surface area contributed by atoms with E-state index in [0.717, 1.165) is 20.8 Å². The van der Waals surface area contributed by atoms with E-state index in [9.17, 15) is 29.7 Å². The van der Waals surface area contributed by atoms with E-state index in [0.29, 0.717) is 0 Å². The zero-order valence-electron chi connectivity index (χ0n) is 10.6. The van der Waals surface area contributed by atoms with Crippen molar-refractivity contribution in [1.29, 1.82) is 0 Å². The number of carboxylic acids is 3. The topological polar surface area (TPSA) is 181 Å². The molecule has 0 amide bonds. The van der Waals surface area contributed by atoms with Gasteiger partial charge < -0.3 is 45.0 Å². The van der Waals surface area contributed by atoms with Crippen LogP contribution < -0.4 is 15.3 Å². The summed E-state index contributed by atoms with van der Waals surface area (Å²) in [7, 11) is 0. The molecule has 0 aliphatic carbocycles. The molecule has 9 nitrogen and oxygen atoms in total. The van der Waals surface area contributed by atoms with Crippen LogP contribution in [-0.2, 0) is 14.4 Å². The molecule has 0 aromatic heterocycles. The first kappa shape index (κ1) is 26.5. The average molecular weight is 337 g/mol. The number of aliphatic carboxylic acids is 3.